The van der Waals surface area contributed by atoms with Crippen LogP contribution in [0.2, 0.25) is 5.02 Å². The number of hydrogen-bond acceptors (Lipinski definition) is 3. The molecule has 1 aromatic heterocycles. The smallest absolute Gasteiger partial charge is 0.244 e. The molecule has 1 aliphatic rings. The quantitative estimate of drug-likeness (QED) is 0.894. The highest BCUT2D eigenvalue weighted by Gasteiger charge is 2.36. The van der Waals surface area contributed by atoms with Crippen LogP contribution in [0.25, 0.3) is 10.9 Å². The van der Waals surface area contributed by atoms with E-state index in [2.05, 4.69) is 15.6 Å². The summed E-state index contributed by atoms with van der Waals surface area (Å²) in [6.45, 7) is 2.80. The van der Waals surface area contributed by atoms with Crippen molar-refractivity contribution in [1.82, 2.24) is 10.3 Å². The summed E-state index contributed by atoms with van der Waals surface area (Å²) in [6.07, 6.45) is 3.56. The van der Waals surface area contributed by atoms with Crippen molar-refractivity contribution in [3.8, 4) is 0 Å². The molecule has 1 aromatic carbocycles. The van der Waals surface area contributed by atoms with Gasteiger partial charge in [0.2, 0.25) is 5.91 Å². The molecule has 0 aliphatic carbocycles. The van der Waals surface area contributed by atoms with Crippen molar-refractivity contribution >= 4 is 34.1 Å². The van der Waals surface area contributed by atoms with Crippen LogP contribution in [0.1, 0.15) is 19.8 Å². The molecule has 1 atom stereocenters. The maximum atomic E-state index is 12.4. The van der Waals surface area contributed by atoms with Crippen molar-refractivity contribution in [1.29, 1.82) is 0 Å². The van der Waals surface area contributed by atoms with E-state index in [0.717, 1.165) is 30.3 Å². The summed E-state index contributed by atoms with van der Waals surface area (Å²) >= 11 is 6.11. The Bertz CT molecular complexity index is 665. The molecule has 0 bridgehead atoms. The van der Waals surface area contributed by atoms with Gasteiger partial charge in [0.15, 0.2) is 0 Å². The van der Waals surface area contributed by atoms with Crippen molar-refractivity contribution in [3.63, 3.8) is 0 Å². The van der Waals surface area contributed by atoms with Crippen LogP contribution in [0, 0.1) is 0 Å². The number of aromatic nitrogens is 1. The van der Waals surface area contributed by atoms with E-state index in [4.69, 9.17) is 11.6 Å². The van der Waals surface area contributed by atoms with Crippen molar-refractivity contribution in [2.75, 3.05) is 11.9 Å². The van der Waals surface area contributed by atoms with Gasteiger partial charge in [0.05, 0.1) is 16.7 Å². The first-order chi connectivity index (χ1) is 9.58. The Kier molecular flexibility index (Phi) is 3.36. The summed E-state index contributed by atoms with van der Waals surface area (Å²) in [5.41, 5.74) is 0.906. The summed E-state index contributed by atoms with van der Waals surface area (Å²) < 4.78 is 0. The minimum Gasteiger partial charge on any atom is -0.323 e. The Morgan fingerprint density at radius 2 is 2.35 bits per heavy atom. The number of nitrogens with one attached hydrogen (secondary N) is 2. The van der Waals surface area contributed by atoms with E-state index in [-0.39, 0.29) is 5.91 Å². The van der Waals surface area contributed by atoms with Crippen LogP contribution in [0.5, 0.6) is 0 Å². The van der Waals surface area contributed by atoms with Gasteiger partial charge < -0.3 is 10.6 Å². The molecule has 1 aliphatic heterocycles. The molecular formula is C15H16ClN3O. The number of nitrogens with zero attached hydrogens (tertiary/aromatic N) is 1. The van der Waals surface area contributed by atoms with E-state index < -0.39 is 5.54 Å². The van der Waals surface area contributed by atoms with Gasteiger partial charge in [0, 0.05) is 16.6 Å². The van der Waals surface area contributed by atoms with Gasteiger partial charge in [-0.1, -0.05) is 17.7 Å². The maximum Gasteiger partial charge on any atom is 0.244 e. The lowest BCUT2D eigenvalue weighted by atomic mass is 9.99. The Morgan fingerprint density at radius 1 is 1.50 bits per heavy atom. The molecule has 1 saturated heterocycles. The fraction of sp³-hybridized carbons (Fsp3) is 0.333. The number of amides is 1. The fourth-order valence-electron chi connectivity index (χ4n) is 2.60. The zero-order chi connectivity index (χ0) is 14.2. The summed E-state index contributed by atoms with van der Waals surface area (Å²) in [7, 11) is 0. The summed E-state index contributed by atoms with van der Waals surface area (Å²) in [5, 5.41) is 7.71. The average molecular weight is 290 g/mol. The molecule has 3 rings (SSSR count). The number of rotatable bonds is 2. The first kappa shape index (κ1) is 13.3. The van der Waals surface area contributed by atoms with Crippen LogP contribution in [0.4, 0.5) is 5.69 Å². The SMILES string of the molecule is CC1(C(=O)Nc2cc(Cl)cc3cccnc23)CCCN1. The number of anilines is 1. The number of halogens is 1. The molecule has 1 amide bonds. The van der Waals surface area contributed by atoms with E-state index in [1.54, 1.807) is 12.3 Å². The van der Waals surface area contributed by atoms with Gasteiger partial charge in [0.25, 0.3) is 0 Å². The first-order valence-electron chi connectivity index (χ1n) is 6.69. The first-order valence-corrected chi connectivity index (χ1v) is 7.07. The molecule has 5 heteroatoms. The van der Waals surface area contributed by atoms with Crippen LogP contribution in [0.15, 0.2) is 30.5 Å². The molecule has 0 radical (unpaired) electrons. The Morgan fingerprint density at radius 3 is 3.10 bits per heavy atom. The number of carbonyl (C=O) groups excluding carboxylic acids is 1. The minimum absolute atomic E-state index is 0.0378. The molecule has 104 valence electrons. The Labute approximate surface area is 122 Å². The highest BCUT2D eigenvalue weighted by molar-refractivity contribution is 6.32. The number of benzene rings is 1. The highest BCUT2D eigenvalue weighted by atomic mass is 35.5. The largest absolute Gasteiger partial charge is 0.323 e. The van der Waals surface area contributed by atoms with Gasteiger partial charge in [-0.05, 0) is 44.5 Å². The van der Waals surface area contributed by atoms with Gasteiger partial charge in [0.1, 0.15) is 0 Å². The zero-order valence-corrected chi connectivity index (χ0v) is 12.0. The van der Waals surface area contributed by atoms with E-state index in [9.17, 15) is 4.79 Å². The number of hydrogen-bond donors (Lipinski definition) is 2. The second-order valence-electron chi connectivity index (χ2n) is 5.35. The maximum absolute atomic E-state index is 12.4. The molecule has 1 unspecified atom stereocenters. The zero-order valence-electron chi connectivity index (χ0n) is 11.2. The van der Waals surface area contributed by atoms with Crippen molar-refractivity contribution < 1.29 is 4.79 Å². The predicted octanol–water partition coefficient (Wildman–Crippen LogP) is 2.97. The van der Waals surface area contributed by atoms with Gasteiger partial charge in [-0.2, -0.15) is 0 Å². The summed E-state index contributed by atoms with van der Waals surface area (Å²) in [6, 6.07) is 7.37. The minimum atomic E-state index is -0.510. The van der Waals surface area contributed by atoms with Crippen molar-refractivity contribution in [2.45, 2.75) is 25.3 Å². The van der Waals surface area contributed by atoms with E-state index in [1.165, 1.54) is 0 Å². The number of pyridine rings is 1. The van der Waals surface area contributed by atoms with Crippen LogP contribution < -0.4 is 10.6 Å². The predicted molar refractivity (Wildman–Crippen MR) is 81.0 cm³/mol. The van der Waals surface area contributed by atoms with E-state index in [0.29, 0.717) is 10.7 Å². The van der Waals surface area contributed by atoms with Crippen molar-refractivity contribution in [2.24, 2.45) is 0 Å². The van der Waals surface area contributed by atoms with Gasteiger partial charge in [-0.25, -0.2) is 0 Å². The average Bonchev–Trinajstić information content (AvgIpc) is 2.87. The normalized spacial score (nSPS) is 22.1. The molecule has 2 N–H and O–H groups in total. The molecule has 2 aromatic rings. The Balaban J connectivity index is 1.96. The monoisotopic (exact) mass is 289 g/mol. The summed E-state index contributed by atoms with van der Waals surface area (Å²) in [5.74, 6) is -0.0378. The second-order valence-corrected chi connectivity index (χ2v) is 5.78. The van der Waals surface area contributed by atoms with Crippen LogP contribution in [-0.4, -0.2) is 23.0 Å². The molecular weight excluding hydrogens is 274 g/mol. The Hall–Kier alpha value is -1.65. The van der Waals surface area contributed by atoms with Crippen LogP contribution in [0.3, 0.4) is 0 Å². The molecule has 1 fully saturated rings. The fourth-order valence-corrected chi connectivity index (χ4v) is 2.83. The lowest BCUT2D eigenvalue weighted by Crippen LogP contribution is -2.48. The molecule has 2 heterocycles. The standard InChI is InChI=1S/C15H16ClN3O/c1-15(5-3-7-18-15)14(20)19-12-9-11(16)8-10-4-2-6-17-13(10)12/h2,4,6,8-9,18H,3,5,7H2,1H3,(H,19,20). The molecule has 0 saturated carbocycles. The number of fused-ring (bicyclic) bond motifs is 1. The van der Waals surface area contributed by atoms with Crippen LogP contribution in [-0.2, 0) is 4.79 Å². The van der Waals surface area contributed by atoms with Crippen LogP contribution >= 0.6 is 11.6 Å². The highest BCUT2D eigenvalue weighted by Crippen LogP contribution is 2.28. The van der Waals surface area contributed by atoms with Gasteiger partial charge in [-0.15, -0.1) is 0 Å². The summed E-state index contributed by atoms with van der Waals surface area (Å²) in [4.78, 5) is 16.8. The van der Waals surface area contributed by atoms with E-state index >= 15 is 0 Å². The third kappa shape index (κ3) is 2.37. The van der Waals surface area contributed by atoms with Crippen molar-refractivity contribution in [3.05, 3.63) is 35.5 Å². The van der Waals surface area contributed by atoms with Gasteiger partial charge >= 0.3 is 0 Å². The molecule has 4 nitrogen and oxygen atoms in total. The number of carbonyl (C=O) groups is 1. The third-order valence-electron chi connectivity index (χ3n) is 3.79. The van der Waals surface area contributed by atoms with E-state index in [1.807, 2.05) is 25.1 Å². The topological polar surface area (TPSA) is 54.0 Å². The third-order valence-corrected chi connectivity index (χ3v) is 4.01. The second kappa shape index (κ2) is 5.04. The van der Waals surface area contributed by atoms with Gasteiger partial charge in [-0.3, -0.25) is 9.78 Å². The molecule has 0 spiro atoms. The molecule has 20 heavy (non-hydrogen) atoms. The lowest BCUT2D eigenvalue weighted by molar-refractivity contribution is -0.121. The lowest BCUT2D eigenvalue weighted by Gasteiger charge is -2.23.